The highest BCUT2D eigenvalue weighted by atomic mass is 35.5. The molecule has 4 heteroatoms. The molecule has 0 amide bonds. The molecular weight excluding hydrogens is 269 g/mol. The van der Waals surface area contributed by atoms with Gasteiger partial charge in [-0.2, -0.15) is 0 Å². The third-order valence-corrected chi connectivity index (χ3v) is 3.99. The Morgan fingerprint density at radius 1 is 1.28 bits per heavy atom. The van der Waals surface area contributed by atoms with Crippen LogP contribution in [-0.2, 0) is 6.54 Å². The van der Waals surface area contributed by atoms with Crippen LogP contribution in [0.25, 0.3) is 10.4 Å². The fourth-order valence-electron chi connectivity index (χ4n) is 1.61. The van der Waals surface area contributed by atoms with Crippen LogP contribution in [0.4, 0.5) is 4.39 Å². The molecule has 0 saturated heterocycles. The lowest BCUT2D eigenvalue weighted by Crippen LogP contribution is -2.21. The Hall–Kier alpha value is -0.900. The van der Waals surface area contributed by atoms with Crippen LogP contribution in [0.3, 0.4) is 0 Å². The van der Waals surface area contributed by atoms with E-state index >= 15 is 0 Å². The minimum absolute atomic E-state index is 0.260. The molecule has 0 aliphatic rings. The molecule has 1 heterocycles. The van der Waals surface area contributed by atoms with E-state index in [4.69, 9.17) is 11.6 Å². The third-order valence-electron chi connectivity index (χ3n) is 2.54. The Balaban J connectivity index is 2.21. The standard InChI is InChI=1S/C14H15ClFNS/c1-9(2)17-8-11-4-6-14(18-11)12-7-10(16)3-5-13(12)15/h3-7,9,17H,8H2,1-2H3. The van der Waals surface area contributed by atoms with Gasteiger partial charge in [0.2, 0.25) is 0 Å². The molecule has 0 unspecified atom stereocenters. The Labute approximate surface area is 116 Å². The van der Waals surface area contributed by atoms with Crippen LogP contribution in [0.15, 0.2) is 30.3 Å². The quantitative estimate of drug-likeness (QED) is 0.857. The van der Waals surface area contributed by atoms with Gasteiger partial charge in [-0.3, -0.25) is 0 Å². The van der Waals surface area contributed by atoms with Crippen LogP contribution in [0, 0.1) is 5.82 Å². The lowest BCUT2D eigenvalue weighted by Gasteiger charge is -2.05. The number of hydrogen-bond donors (Lipinski definition) is 1. The monoisotopic (exact) mass is 283 g/mol. The van der Waals surface area contributed by atoms with Crippen LogP contribution in [0.1, 0.15) is 18.7 Å². The van der Waals surface area contributed by atoms with E-state index in [0.29, 0.717) is 11.1 Å². The highest BCUT2D eigenvalue weighted by molar-refractivity contribution is 7.15. The molecule has 0 atom stereocenters. The molecule has 0 bridgehead atoms. The van der Waals surface area contributed by atoms with Crippen molar-refractivity contribution in [1.82, 2.24) is 5.32 Å². The zero-order valence-corrected chi connectivity index (χ0v) is 11.9. The predicted octanol–water partition coefficient (Wildman–Crippen LogP) is 4.71. The van der Waals surface area contributed by atoms with Gasteiger partial charge >= 0.3 is 0 Å². The minimum Gasteiger partial charge on any atom is -0.310 e. The van der Waals surface area contributed by atoms with E-state index in [-0.39, 0.29) is 5.82 Å². The van der Waals surface area contributed by atoms with Crippen LogP contribution in [-0.4, -0.2) is 6.04 Å². The van der Waals surface area contributed by atoms with Crippen molar-refractivity contribution < 1.29 is 4.39 Å². The smallest absolute Gasteiger partial charge is 0.123 e. The second-order valence-corrected chi connectivity index (χ2v) is 6.00. The van der Waals surface area contributed by atoms with Gasteiger partial charge in [-0.05, 0) is 30.3 Å². The van der Waals surface area contributed by atoms with Crippen molar-refractivity contribution in [2.75, 3.05) is 0 Å². The van der Waals surface area contributed by atoms with Gasteiger partial charge in [-0.1, -0.05) is 25.4 Å². The molecule has 1 N–H and O–H groups in total. The molecule has 2 rings (SSSR count). The van der Waals surface area contributed by atoms with Crippen LogP contribution in [0.5, 0.6) is 0 Å². The SMILES string of the molecule is CC(C)NCc1ccc(-c2cc(F)ccc2Cl)s1. The summed E-state index contributed by atoms with van der Waals surface area (Å²) in [5.41, 5.74) is 0.762. The first-order chi connectivity index (χ1) is 8.56. The summed E-state index contributed by atoms with van der Waals surface area (Å²) in [7, 11) is 0. The molecule has 18 heavy (non-hydrogen) atoms. The van der Waals surface area contributed by atoms with Gasteiger partial charge in [0.1, 0.15) is 5.82 Å². The van der Waals surface area contributed by atoms with Crippen molar-refractivity contribution in [3.8, 4) is 10.4 Å². The summed E-state index contributed by atoms with van der Waals surface area (Å²) in [4.78, 5) is 2.22. The van der Waals surface area contributed by atoms with Crippen LogP contribution < -0.4 is 5.32 Å². The molecule has 2 aromatic rings. The molecule has 1 aromatic carbocycles. The summed E-state index contributed by atoms with van der Waals surface area (Å²) in [5, 5.41) is 3.94. The zero-order valence-electron chi connectivity index (χ0n) is 10.3. The zero-order chi connectivity index (χ0) is 13.1. The lowest BCUT2D eigenvalue weighted by atomic mass is 10.2. The average molecular weight is 284 g/mol. The number of rotatable bonds is 4. The van der Waals surface area contributed by atoms with Gasteiger partial charge in [-0.25, -0.2) is 4.39 Å². The Kier molecular flexibility index (Phi) is 4.38. The van der Waals surface area contributed by atoms with Crippen molar-refractivity contribution in [2.24, 2.45) is 0 Å². The lowest BCUT2D eigenvalue weighted by molar-refractivity contribution is 0.593. The number of hydrogen-bond acceptors (Lipinski definition) is 2. The van der Waals surface area contributed by atoms with Gasteiger partial charge in [0, 0.05) is 32.9 Å². The summed E-state index contributed by atoms with van der Waals surface area (Å²) in [6.45, 7) is 5.05. The molecule has 0 aliphatic carbocycles. The molecule has 0 spiro atoms. The summed E-state index contributed by atoms with van der Waals surface area (Å²) in [5.74, 6) is -0.260. The third kappa shape index (κ3) is 3.31. The first kappa shape index (κ1) is 13.5. The van der Waals surface area contributed by atoms with E-state index in [0.717, 1.165) is 17.0 Å². The molecule has 0 radical (unpaired) electrons. The second-order valence-electron chi connectivity index (χ2n) is 4.43. The maximum atomic E-state index is 13.2. The predicted molar refractivity (Wildman–Crippen MR) is 76.7 cm³/mol. The Morgan fingerprint density at radius 3 is 2.78 bits per heavy atom. The average Bonchev–Trinajstić information content (AvgIpc) is 2.78. The molecule has 1 nitrogen and oxygen atoms in total. The van der Waals surface area contributed by atoms with E-state index in [9.17, 15) is 4.39 Å². The fraction of sp³-hybridized carbons (Fsp3) is 0.286. The van der Waals surface area contributed by atoms with Gasteiger partial charge < -0.3 is 5.32 Å². The van der Waals surface area contributed by atoms with Gasteiger partial charge in [0.05, 0.1) is 0 Å². The van der Waals surface area contributed by atoms with Crippen molar-refractivity contribution in [3.05, 3.63) is 46.0 Å². The second kappa shape index (κ2) is 5.83. The summed E-state index contributed by atoms with van der Waals surface area (Å²) >= 11 is 7.73. The summed E-state index contributed by atoms with van der Waals surface area (Å²) in [6.07, 6.45) is 0. The van der Waals surface area contributed by atoms with E-state index in [1.165, 1.54) is 17.0 Å². The Morgan fingerprint density at radius 2 is 2.06 bits per heavy atom. The Bertz CT molecular complexity index is 536. The van der Waals surface area contributed by atoms with Gasteiger partial charge in [0.15, 0.2) is 0 Å². The van der Waals surface area contributed by atoms with Gasteiger partial charge in [-0.15, -0.1) is 11.3 Å². The maximum Gasteiger partial charge on any atom is 0.123 e. The van der Waals surface area contributed by atoms with Crippen molar-refractivity contribution in [2.45, 2.75) is 26.4 Å². The topological polar surface area (TPSA) is 12.0 Å². The number of benzene rings is 1. The highest BCUT2D eigenvalue weighted by Gasteiger charge is 2.08. The van der Waals surface area contributed by atoms with E-state index in [1.807, 2.05) is 6.07 Å². The van der Waals surface area contributed by atoms with Crippen LogP contribution >= 0.6 is 22.9 Å². The summed E-state index contributed by atoms with van der Waals surface area (Å²) < 4.78 is 13.2. The number of nitrogens with one attached hydrogen (secondary N) is 1. The molecule has 0 fully saturated rings. The van der Waals surface area contributed by atoms with Crippen molar-refractivity contribution >= 4 is 22.9 Å². The van der Waals surface area contributed by atoms with Crippen molar-refractivity contribution in [1.29, 1.82) is 0 Å². The van der Waals surface area contributed by atoms with E-state index < -0.39 is 0 Å². The normalized spacial score (nSPS) is 11.2. The van der Waals surface area contributed by atoms with E-state index in [1.54, 1.807) is 17.4 Å². The van der Waals surface area contributed by atoms with Crippen LogP contribution in [0.2, 0.25) is 5.02 Å². The van der Waals surface area contributed by atoms with Gasteiger partial charge in [0.25, 0.3) is 0 Å². The number of thiophene rings is 1. The maximum absolute atomic E-state index is 13.2. The first-order valence-corrected chi connectivity index (χ1v) is 7.03. The fourth-order valence-corrected chi connectivity index (χ4v) is 2.87. The molecular formula is C14H15ClFNS. The molecule has 0 aliphatic heterocycles. The molecule has 1 aromatic heterocycles. The molecule has 0 saturated carbocycles. The first-order valence-electron chi connectivity index (χ1n) is 5.84. The number of halogens is 2. The minimum atomic E-state index is -0.260. The molecule has 96 valence electrons. The van der Waals surface area contributed by atoms with Crippen molar-refractivity contribution in [3.63, 3.8) is 0 Å². The largest absolute Gasteiger partial charge is 0.310 e. The van der Waals surface area contributed by atoms with E-state index in [2.05, 4.69) is 25.2 Å². The summed E-state index contributed by atoms with van der Waals surface area (Å²) in [6, 6.07) is 8.94. The highest BCUT2D eigenvalue weighted by Crippen LogP contribution is 2.33.